The molecule has 0 spiro atoms. The number of hydrogen-bond acceptors (Lipinski definition) is 4. The Bertz CT molecular complexity index is 1590. The van der Waals surface area contributed by atoms with Gasteiger partial charge in [-0.3, -0.25) is 4.79 Å². The molecule has 0 radical (unpaired) electrons. The summed E-state index contributed by atoms with van der Waals surface area (Å²) in [6, 6.07) is 22.0. The number of benzene rings is 3. The zero-order valence-corrected chi connectivity index (χ0v) is 20.2. The van der Waals surface area contributed by atoms with Crippen molar-refractivity contribution in [2.75, 3.05) is 6.26 Å². The normalized spacial score (nSPS) is 16.1. The van der Waals surface area contributed by atoms with Crippen LogP contribution < -0.4 is 5.56 Å². The molecule has 172 valence electrons. The summed E-state index contributed by atoms with van der Waals surface area (Å²) >= 11 is 6.32. The minimum absolute atomic E-state index is 0.269. The number of H-pyrrole nitrogens is 1. The standard InChI is InChI=1S/C26H22ClN3O3S/c1-16-8-10-17(11-9-16)23-15-22(29-30(23)34(2,32)33)25-24(18-6-4-3-5-7-18)20-14-19(27)12-13-21(20)28-26(25)31/h3-14,23H,15H2,1-2H3,(H,28,31)/t23-/m1/s1. The van der Waals surface area contributed by atoms with Gasteiger partial charge in [-0.15, -0.1) is 0 Å². The van der Waals surface area contributed by atoms with Crippen LogP contribution in [0.1, 0.15) is 29.2 Å². The number of nitrogens with one attached hydrogen (secondary N) is 1. The van der Waals surface area contributed by atoms with Crippen LogP contribution in [0.3, 0.4) is 0 Å². The molecular weight excluding hydrogens is 470 g/mol. The summed E-state index contributed by atoms with van der Waals surface area (Å²) in [5.74, 6) is 0. The summed E-state index contributed by atoms with van der Waals surface area (Å²) in [5, 5.41) is 5.79. The van der Waals surface area contributed by atoms with Gasteiger partial charge in [-0.25, -0.2) is 8.42 Å². The van der Waals surface area contributed by atoms with E-state index in [1.165, 1.54) is 0 Å². The molecule has 0 bridgehead atoms. The number of hydrazone groups is 1. The monoisotopic (exact) mass is 491 g/mol. The topological polar surface area (TPSA) is 82.6 Å². The summed E-state index contributed by atoms with van der Waals surface area (Å²) in [4.78, 5) is 16.3. The molecule has 0 amide bonds. The predicted octanol–water partition coefficient (Wildman–Crippen LogP) is 5.27. The molecule has 2 heterocycles. The number of sulfonamides is 1. The molecule has 1 N–H and O–H groups in total. The molecule has 1 aliphatic rings. The second kappa shape index (κ2) is 8.42. The minimum Gasteiger partial charge on any atom is -0.321 e. The molecule has 3 aromatic carbocycles. The van der Waals surface area contributed by atoms with Crippen LogP contribution in [-0.2, 0) is 10.0 Å². The molecule has 0 saturated carbocycles. The van der Waals surface area contributed by atoms with Crippen LogP contribution in [0.5, 0.6) is 0 Å². The van der Waals surface area contributed by atoms with E-state index in [2.05, 4.69) is 10.1 Å². The third-order valence-corrected chi connectivity index (χ3v) is 7.25. The molecule has 0 aliphatic carbocycles. The molecule has 0 unspecified atom stereocenters. The number of rotatable bonds is 4. The zero-order chi connectivity index (χ0) is 24.0. The van der Waals surface area contributed by atoms with E-state index in [0.717, 1.165) is 32.7 Å². The van der Waals surface area contributed by atoms with Crippen molar-refractivity contribution in [3.8, 4) is 11.1 Å². The highest BCUT2D eigenvalue weighted by molar-refractivity contribution is 7.88. The summed E-state index contributed by atoms with van der Waals surface area (Å²) in [7, 11) is -3.68. The number of aromatic amines is 1. The Morgan fingerprint density at radius 1 is 1.00 bits per heavy atom. The molecule has 1 aromatic heterocycles. The first-order valence-electron chi connectivity index (χ1n) is 10.8. The fourth-order valence-electron chi connectivity index (χ4n) is 4.43. The number of hydrogen-bond donors (Lipinski definition) is 1. The second-order valence-corrected chi connectivity index (χ2v) is 10.7. The van der Waals surface area contributed by atoms with Crippen molar-refractivity contribution in [1.29, 1.82) is 0 Å². The van der Waals surface area contributed by atoms with Gasteiger partial charge in [0, 0.05) is 27.9 Å². The largest absolute Gasteiger partial charge is 0.321 e. The molecule has 6 nitrogen and oxygen atoms in total. The number of halogens is 1. The predicted molar refractivity (Wildman–Crippen MR) is 137 cm³/mol. The summed E-state index contributed by atoms with van der Waals surface area (Å²) in [5.41, 5.74) is 4.47. The second-order valence-electron chi connectivity index (χ2n) is 8.47. The molecule has 8 heteroatoms. The maximum absolute atomic E-state index is 13.4. The van der Waals surface area contributed by atoms with E-state index in [4.69, 9.17) is 11.6 Å². The van der Waals surface area contributed by atoms with Gasteiger partial charge in [-0.1, -0.05) is 71.8 Å². The molecule has 0 fully saturated rings. The summed E-state index contributed by atoms with van der Waals surface area (Å²) < 4.78 is 26.5. The van der Waals surface area contributed by atoms with Crippen molar-refractivity contribution in [1.82, 2.24) is 9.40 Å². The van der Waals surface area contributed by atoms with Crippen molar-refractivity contribution >= 4 is 38.2 Å². The Kier molecular flexibility index (Phi) is 5.54. The molecular formula is C26H22ClN3O3S. The maximum Gasteiger partial charge on any atom is 0.258 e. The van der Waals surface area contributed by atoms with Crippen molar-refractivity contribution in [2.24, 2.45) is 5.10 Å². The highest BCUT2D eigenvalue weighted by Crippen LogP contribution is 2.38. The van der Waals surface area contributed by atoms with E-state index in [1.54, 1.807) is 18.2 Å². The lowest BCUT2D eigenvalue weighted by Gasteiger charge is -2.21. The first-order chi connectivity index (χ1) is 16.2. The Morgan fingerprint density at radius 2 is 1.71 bits per heavy atom. The van der Waals surface area contributed by atoms with Crippen molar-refractivity contribution < 1.29 is 8.42 Å². The maximum atomic E-state index is 13.4. The van der Waals surface area contributed by atoms with Gasteiger partial charge in [0.25, 0.3) is 5.56 Å². The van der Waals surface area contributed by atoms with Crippen LogP contribution in [0.25, 0.3) is 22.0 Å². The minimum atomic E-state index is -3.68. The number of aromatic nitrogens is 1. The highest BCUT2D eigenvalue weighted by Gasteiger charge is 2.36. The fraction of sp³-hybridized carbons (Fsp3) is 0.154. The van der Waals surface area contributed by atoms with E-state index in [-0.39, 0.29) is 12.0 Å². The smallest absolute Gasteiger partial charge is 0.258 e. The van der Waals surface area contributed by atoms with Gasteiger partial charge in [0.2, 0.25) is 10.0 Å². The Balaban J connectivity index is 1.76. The Morgan fingerprint density at radius 3 is 2.38 bits per heavy atom. The first-order valence-corrected chi connectivity index (χ1v) is 13.0. The lowest BCUT2D eigenvalue weighted by molar-refractivity contribution is 0.375. The van der Waals surface area contributed by atoms with Gasteiger partial charge in [0.15, 0.2) is 0 Å². The number of nitrogens with zero attached hydrogens (tertiary/aromatic N) is 2. The third-order valence-electron chi connectivity index (χ3n) is 6.00. The summed E-state index contributed by atoms with van der Waals surface area (Å²) in [6.45, 7) is 1.97. The number of pyridine rings is 1. The number of aryl methyl sites for hydroxylation is 1. The van der Waals surface area contributed by atoms with Crippen molar-refractivity contribution in [3.05, 3.63) is 105 Å². The SMILES string of the molecule is Cc1ccc([C@H]2CC(c3c(-c4ccccc4)c4cc(Cl)ccc4[nH]c3=O)=NN2S(C)(=O)=O)cc1. The lowest BCUT2D eigenvalue weighted by Crippen LogP contribution is -2.25. The summed E-state index contributed by atoms with van der Waals surface area (Å²) in [6.07, 6.45) is 1.40. The van der Waals surface area contributed by atoms with Crippen LogP contribution in [0.15, 0.2) is 82.7 Å². The van der Waals surface area contributed by atoms with E-state index in [0.29, 0.717) is 27.4 Å². The van der Waals surface area contributed by atoms with Crippen LogP contribution in [0, 0.1) is 6.92 Å². The van der Waals surface area contributed by atoms with Gasteiger partial charge in [-0.2, -0.15) is 9.52 Å². The molecule has 5 rings (SSSR count). The Labute approximate surface area is 202 Å². The zero-order valence-electron chi connectivity index (χ0n) is 18.6. The van der Waals surface area contributed by atoms with Crippen LogP contribution in [-0.4, -0.2) is 29.8 Å². The average Bonchev–Trinajstić information content (AvgIpc) is 3.25. The van der Waals surface area contributed by atoms with E-state index < -0.39 is 16.1 Å². The van der Waals surface area contributed by atoms with Gasteiger partial charge in [0.1, 0.15) is 0 Å². The van der Waals surface area contributed by atoms with Gasteiger partial charge >= 0.3 is 0 Å². The average molecular weight is 492 g/mol. The van der Waals surface area contributed by atoms with E-state index >= 15 is 0 Å². The quantitative estimate of drug-likeness (QED) is 0.422. The highest BCUT2D eigenvalue weighted by atomic mass is 35.5. The van der Waals surface area contributed by atoms with Crippen molar-refractivity contribution in [2.45, 2.75) is 19.4 Å². The first kappa shape index (κ1) is 22.4. The van der Waals surface area contributed by atoms with E-state index in [9.17, 15) is 13.2 Å². The van der Waals surface area contributed by atoms with Crippen LogP contribution >= 0.6 is 11.6 Å². The molecule has 1 aliphatic heterocycles. The van der Waals surface area contributed by atoms with E-state index in [1.807, 2.05) is 61.5 Å². The Hall–Kier alpha value is -3.42. The molecule has 4 aromatic rings. The van der Waals surface area contributed by atoms with Gasteiger partial charge in [0.05, 0.1) is 23.6 Å². The van der Waals surface area contributed by atoms with Crippen LogP contribution in [0.2, 0.25) is 5.02 Å². The molecule has 1 atom stereocenters. The van der Waals surface area contributed by atoms with Gasteiger partial charge < -0.3 is 4.98 Å². The van der Waals surface area contributed by atoms with Crippen molar-refractivity contribution in [3.63, 3.8) is 0 Å². The number of fused-ring (bicyclic) bond motifs is 1. The third kappa shape index (κ3) is 4.02. The molecule has 34 heavy (non-hydrogen) atoms. The fourth-order valence-corrected chi connectivity index (χ4v) is 5.50. The molecule has 0 saturated heterocycles. The lowest BCUT2D eigenvalue weighted by atomic mass is 9.91. The van der Waals surface area contributed by atoms with Crippen LogP contribution in [0.4, 0.5) is 0 Å². The van der Waals surface area contributed by atoms with Gasteiger partial charge in [-0.05, 0) is 36.2 Å².